The first kappa shape index (κ1) is 15.9. The number of benzene rings is 1. The summed E-state index contributed by atoms with van der Waals surface area (Å²) in [6, 6.07) is 8.12. The van der Waals surface area contributed by atoms with Crippen molar-refractivity contribution >= 4 is 11.6 Å². The van der Waals surface area contributed by atoms with Crippen LogP contribution >= 0.6 is 11.6 Å². The first-order valence-corrected chi connectivity index (χ1v) is 7.64. The molecule has 0 aliphatic rings. The summed E-state index contributed by atoms with van der Waals surface area (Å²) in [6.45, 7) is 5.88. The van der Waals surface area contributed by atoms with Gasteiger partial charge in [-0.1, -0.05) is 30.7 Å². The van der Waals surface area contributed by atoms with Crippen LogP contribution in [-0.4, -0.2) is 23.4 Å². The Kier molecular flexibility index (Phi) is 5.65. The molecule has 4 nitrogen and oxygen atoms in total. The van der Waals surface area contributed by atoms with Gasteiger partial charge in [-0.25, -0.2) is 0 Å². The molecule has 0 fully saturated rings. The lowest BCUT2D eigenvalue weighted by Crippen LogP contribution is -2.26. The van der Waals surface area contributed by atoms with E-state index in [2.05, 4.69) is 30.3 Å². The van der Waals surface area contributed by atoms with Crippen LogP contribution in [0.3, 0.4) is 0 Å². The predicted molar refractivity (Wildman–Crippen MR) is 86.0 cm³/mol. The van der Waals surface area contributed by atoms with Gasteiger partial charge in [0, 0.05) is 11.6 Å². The van der Waals surface area contributed by atoms with Gasteiger partial charge in [-0.3, -0.25) is 4.68 Å². The van der Waals surface area contributed by atoms with Gasteiger partial charge in [0.25, 0.3) is 0 Å². The zero-order valence-electron chi connectivity index (χ0n) is 12.8. The highest BCUT2D eigenvalue weighted by Gasteiger charge is 2.21. The van der Waals surface area contributed by atoms with Crippen molar-refractivity contribution in [3.8, 4) is 5.75 Å². The minimum atomic E-state index is 0.144. The summed E-state index contributed by atoms with van der Waals surface area (Å²) in [7, 11) is 1.68. The van der Waals surface area contributed by atoms with Crippen molar-refractivity contribution in [3.05, 3.63) is 46.7 Å². The van der Waals surface area contributed by atoms with Gasteiger partial charge in [-0.2, -0.15) is 5.10 Å². The van der Waals surface area contributed by atoms with Gasteiger partial charge in [-0.05, 0) is 37.6 Å². The van der Waals surface area contributed by atoms with Gasteiger partial charge in [0.2, 0.25) is 0 Å². The van der Waals surface area contributed by atoms with Crippen molar-refractivity contribution in [1.29, 1.82) is 0 Å². The molecular formula is C16H22ClN3O. The molecular weight excluding hydrogens is 286 g/mol. The second-order valence-corrected chi connectivity index (χ2v) is 5.29. The maximum absolute atomic E-state index is 6.08. The van der Waals surface area contributed by atoms with Crippen molar-refractivity contribution in [1.82, 2.24) is 15.1 Å². The molecule has 0 amide bonds. The van der Waals surface area contributed by atoms with Gasteiger partial charge in [0.15, 0.2) is 5.75 Å². The molecule has 0 saturated heterocycles. The first-order chi connectivity index (χ1) is 10.2. The Morgan fingerprint density at radius 2 is 2.19 bits per heavy atom. The number of nitrogens with one attached hydrogen (secondary N) is 1. The Morgan fingerprint density at radius 3 is 2.81 bits per heavy atom. The maximum atomic E-state index is 6.08. The summed E-state index contributed by atoms with van der Waals surface area (Å²) in [6.07, 6.45) is 2.62. The van der Waals surface area contributed by atoms with Crippen molar-refractivity contribution in [2.45, 2.75) is 32.9 Å². The lowest BCUT2D eigenvalue weighted by atomic mass is 10.0. The zero-order chi connectivity index (χ0) is 15.2. The Balaban J connectivity index is 2.32. The standard InChI is InChI=1S/C16H22ClN3O/c1-4-18-14(10-12-7-6-8-13(17)9-12)16-15(21-3)11-19-20(16)5-2/h6-9,11,14,18H,4-5,10H2,1-3H3. The molecule has 1 aromatic heterocycles. The normalized spacial score (nSPS) is 12.4. The van der Waals surface area contributed by atoms with Crippen molar-refractivity contribution in [2.75, 3.05) is 13.7 Å². The van der Waals surface area contributed by atoms with Crippen LogP contribution in [0.5, 0.6) is 5.75 Å². The van der Waals surface area contributed by atoms with E-state index in [1.54, 1.807) is 13.3 Å². The molecule has 0 aliphatic heterocycles. The van der Waals surface area contributed by atoms with Gasteiger partial charge in [-0.15, -0.1) is 0 Å². The average molecular weight is 308 g/mol. The molecule has 0 saturated carbocycles. The molecule has 0 aliphatic carbocycles. The average Bonchev–Trinajstić information content (AvgIpc) is 2.89. The number of aromatic nitrogens is 2. The van der Waals surface area contributed by atoms with E-state index in [-0.39, 0.29) is 6.04 Å². The number of hydrogen-bond donors (Lipinski definition) is 1. The largest absolute Gasteiger partial charge is 0.493 e. The Morgan fingerprint density at radius 1 is 1.38 bits per heavy atom. The minimum absolute atomic E-state index is 0.144. The van der Waals surface area contributed by atoms with Crippen LogP contribution in [0.2, 0.25) is 5.02 Å². The van der Waals surface area contributed by atoms with Gasteiger partial charge in [0.1, 0.15) is 0 Å². The molecule has 0 bridgehead atoms. The molecule has 1 N–H and O–H groups in total. The topological polar surface area (TPSA) is 39.1 Å². The van der Waals surface area contributed by atoms with Crippen LogP contribution in [0, 0.1) is 0 Å². The second-order valence-electron chi connectivity index (χ2n) is 4.86. The van der Waals surface area contributed by atoms with Gasteiger partial charge >= 0.3 is 0 Å². The molecule has 2 aromatic rings. The third-order valence-electron chi connectivity index (χ3n) is 3.47. The summed E-state index contributed by atoms with van der Waals surface area (Å²) in [4.78, 5) is 0. The molecule has 1 aromatic carbocycles. The Labute approximate surface area is 131 Å². The lowest BCUT2D eigenvalue weighted by Gasteiger charge is -2.20. The summed E-state index contributed by atoms with van der Waals surface area (Å²) in [5.74, 6) is 0.824. The number of hydrogen-bond acceptors (Lipinski definition) is 3. The van der Waals surface area contributed by atoms with E-state index in [0.29, 0.717) is 0 Å². The lowest BCUT2D eigenvalue weighted by molar-refractivity contribution is 0.391. The van der Waals surface area contributed by atoms with E-state index >= 15 is 0 Å². The van der Waals surface area contributed by atoms with E-state index in [1.807, 2.05) is 22.9 Å². The first-order valence-electron chi connectivity index (χ1n) is 7.27. The third kappa shape index (κ3) is 3.77. The quantitative estimate of drug-likeness (QED) is 0.851. The molecule has 21 heavy (non-hydrogen) atoms. The SMILES string of the molecule is CCNC(Cc1cccc(Cl)c1)c1c(OC)cnn1CC. The molecule has 5 heteroatoms. The summed E-state index contributed by atoms with van der Waals surface area (Å²) in [5.41, 5.74) is 2.28. The van der Waals surface area contributed by atoms with Crippen LogP contribution in [0.25, 0.3) is 0 Å². The van der Waals surface area contributed by atoms with E-state index in [1.165, 1.54) is 5.56 Å². The highest BCUT2D eigenvalue weighted by Crippen LogP contribution is 2.28. The van der Waals surface area contributed by atoms with Crippen LogP contribution in [0.1, 0.15) is 31.1 Å². The number of aryl methyl sites for hydroxylation is 1. The fourth-order valence-electron chi connectivity index (χ4n) is 2.55. The minimum Gasteiger partial charge on any atom is -0.493 e. The smallest absolute Gasteiger partial charge is 0.161 e. The molecule has 1 unspecified atom stereocenters. The van der Waals surface area contributed by atoms with Crippen LogP contribution < -0.4 is 10.1 Å². The fourth-order valence-corrected chi connectivity index (χ4v) is 2.76. The molecule has 0 radical (unpaired) electrons. The predicted octanol–water partition coefficient (Wildman–Crippen LogP) is 3.46. The number of methoxy groups -OCH3 is 1. The van der Waals surface area contributed by atoms with Gasteiger partial charge < -0.3 is 10.1 Å². The maximum Gasteiger partial charge on any atom is 0.161 e. The zero-order valence-corrected chi connectivity index (χ0v) is 13.5. The van der Waals surface area contributed by atoms with Crippen molar-refractivity contribution < 1.29 is 4.74 Å². The van der Waals surface area contributed by atoms with Gasteiger partial charge in [0.05, 0.1) is 25.0 Å². The number of halogens is 1. The number of rotatable bonds is 7. The van der Waals surface area contributed by atoms with Crippen LogP contribution in [0.4, 0.5) is 0 Å². The molecule has 114 valence electrons. The number of ether oxygens (including phenoxy) is 1. The molecule has 1 heterocycles. The monoisotopic (exact) mass is 307 g/mol. The second kappa shape index (κ2) is 7.48. The Bertz CT molecular complexity index is 561. The summed E-state index contributed by atoms with van der Waals surface area (Å²) in [5, 5.41) is 8.67. The Hall–Kier alpha value is -1.52. The van der Waals surface area contributed by atoms with E-state index in [4.69, 9.17) is 16.3 Å². The fraction of sp³-hybridized carbons (Fsp3) is 0.438. The van der Waals surface area contributed by atoms with E-state index < -0.39 is 0 Å². The number of likely N-dealkylation sites (N-methyl/N-ethyl adjacent to an activating group) is 1. The molecule has 0 spiro atoms. The molecule has 1 atom stereocenters. The van der Waals surface area contributed by atoms with Crippen molar-refractivity contribution in [3.63, 3.8) is 0 Å². The number of nitrogens with zero attached hydrogens (tertiary/aromatic N) is 2. The van der Waals surface area contributed by atoms with Crippen molar-refractivity contribution in [2.24, 2.45) is 0 Å². The highest BCUT2D eigenvalue weighted by molar-refractivity contribution is 6.30. The van der Waals surface area contributed by atoms with Crippen LogP contribution in [-0.2, 0) is 13.0 Å². The van der Waals surface area contributed by atoms with E-state index in [9.17, 15) is 0 Å². The third-order valence-corrected chi connectivity index (χ3v) is 3.71. The van der Waals surface area contributed by atoms with E-state index in [0.717, 1.165) is 36.0 Å². The van der Waals surface area contributed by atoms with Crippen LogP contribution in [0.15, 0.2) is 30.5 Å². The summed E-state index contributed by atoms with van der Waals surface area (Å²) < 4.78 is 7.45. The highest BCUT2D eigenvalue weighted by atomic mass is 35.5. The molecule has 2 rings (SSSR count). The summed E-state index contributed by atoms with van der Waals surface area (Å²) >= 11 is 6.08.